The van der Waals surface area contributed by atoms with Gasteiger partial charge in [-0.05, 0) is 44.0 Å². The number of unbranched alkanes of at least 4 members (excludes halogenated alkanes) is 1. The molecule has 1 heterocycles. The van der Waals surface area contributed by atoms with Crippen molar-refractivity contribution < 1.29 is 9.90 Å². The van der Waals surface area contributed by atoms with Gasteiger partial charge in [0.05, 0.1) is 0 Å². The average Bonchev–Trinajstić information content (AvgIpc) is 2.52. The van der Waals surface area contributed by atoms with Gasteiger partial charge in [0, 0.05) is 43.7 Å². The Morgan fingerprint density at radius 3 is 2.41 bits per heavy atom. The van der Waals surface area contributed by atoms with Crippen molar-refractivity contribution >= 4 is 17.6 Å². The molecule has 4 nitrogen and oxygen atoms in total. The summed E-state index contributed by atoms with van der Waals surface area (Å²) in [6.07, 6.45) is 2.03. The highest BCUT2D eigenvalue weighted by atomic mass is 35.5. The van der Waals surface area contributed by atoms with Crippen molar-refractivity contribution in [2.45, 2.75) is 32.2 Å². The van der Waals surface area contributed by atoms with E-state index in [0.717, 1.165) is 50.6 Å². The molecule has 1 fully saturated rings. The number of halogens is 1. The Hall–Kier alpha value is -1.10. The van der Waals surface area contributed by atoms with Gasteiger partial charge in [-0.25, -0.2) is 0 Å². The number of carboxylic acids is 1. The summed E-state index contributed by atoms with van der Waals surface area (Å²) in [5.74, 6) is -0.693. The van der Waals surface area contributed by atoms with Crippen LogP contribution in [0.5, 0.6) is 0 Å². The van der Waals surface area contributed by atoms with Crippen molar-refractivity contribution in [3.8, 4) is 0 Å². The largest absolute Gasteiger partial charge is 0.481 e. The third-order valence-electron chi connectivity index (χ3n) is 4.42. The second-order valence-corrected chi connectivity index (χ2v) is 6.39. The Bertz CT molecular complexity index is 470. The number of piperazine rings is 1. The van der Waals surface area contributed by atoms with Crippen LogP contribution in [-0.2, 0) is 4.79 Å². The summed E-state index contributed by atoms with van der Waals surface area (Å²) >= 11 is 5.94. The first-order valence-electron chi connectivity index (χ1n) is 8.00. The third kappa shape index (κ3) is 5.27. The molecule has 0 amide bonds. The van der Waals surface area contributed by atoms with Gasteiger partial charge in [0.1, 0.15) is 0 Å². The quantitative estimate of drug-likeness (QED) is 0.782. The Labute approximate surface area is 137 Å². The molecule has 1 unspecified atom stereocenters. The monoisotopic (exact) mass is 324 g/mol. The zero-order chi connectivity index (χ0) is 15.9. The third-order valence-corrected chi connectivity index (χ3v) is 4.67. The van der Waals surface area contributed by atoms with Gasteiger partial charge in [0.2, 0.25) is 0 Å². The molecule has 0 aliphatic carbocycles. The molecule has 1 atom stereocenters. The zero-order valence-corrected chi connectivity index (χ0v) is 13.9. The highest BCUT2D eigenvalue weighted by Crippen LogP contribution is 2.23. The molecule has 0 radical (unpaired) electrons. The number of nitrogens with zero attached hydrogens (tertiary/aromatic N) is 2. The van der Waals surface area contributed by atoms with E-state index in [1.54, 1.807) is 0 Å². The topological polar surface area (TPSA) is 43.8 Å². The molecule has 1 aliphatic rings. The van der Waals surface area contributed by atoms with Gasteiger partial charge >= 0.3 is 5.97 Å². The van der Waals surface area contributed by atoms with Gasteiger partial charge in [-0.3, -0.25) is 9.69 Å². The van der Waals surface area contributed by atoms with Gasteiger partial charge in [-0.1, -0.05) is 23.7 Å². The molecule has 1 aromatic carbocycles. The Morgan fingerprint density at radius 1 is 1.18 bits per heavy atom. The van der Waals surface area contributed by atoms with Crippen LogP contribution >= 0.6 is 11.6 Å². The fourth-order valence-electron chi connectivity index (χ4n) is 2.94. The van der Waals surface area contributed by atoms with Gasteiger partial charge < -0.3 is 10.0 Å². The lowest BCUT2D eigenvalue weighted by molar-refractivity contribution is -0.137. The normalized spacial score (nSPS) is 18.3. The maximum atomic E-state index is 10.5. The summed E-state index contributed by atoms with van der Waals surface area (Å²) < 4.78 is 0. The smallest absolute Gasteiger partial charge is 0.303 e. The highest BCUT2D eigenvalue weighted by Gasteiger charge is 2.21. The van der Waals surface area contributed by atoms with Gasteiger partial charge in [0.25, 0.3) is 0 Å². The van der Waals surface area contributed by atoms with Crippen LogP contribution in [0, 0.1) is 0 Å². The number of carboxylic acid groups (broad SMARTS) is 1. The van der Waals surface area contributed by atoms with Crippen molar-refractivity contribution in [2.75, 3.05) is 32.7 Å². The first-order chi connectivity index (χ1) is 10.6. The molecule has 0 bridgehead atoms. The second kappa shape index (κ2) is 8.51. The van der Waals surface area contributed by atoms with E-state index in [2.05, 4.69) is 28.9 Å². The van der Waals surface area contributed by atoms with Crippen LogP contribution in [0.4, 0.5) is 0 Å². The molecule has 0 spiro atoms. The van der Waals surface area contributed by atoms with Crippen LogP contribution in [0.2, 0.25) is 5.02 Å². The lowest BCUT2D eigenvalue weighted by Gasteiger charge is -2.38. The molecule has 1 aromatic rings. The van der Waals surface area contributed by atoms with E-state index in [1.165, 1.54) is 5.56 Å². The summed E-state index contributed by atoms with van der Waals surface area (Å²) in [7, 11) is 0. The standard InChI is InChI=1S/C17H25ClN2O2/c1-14(15-5-7-16(18)8-6-15)20-12-10-19(11-13-20)9-3-2-4-17(21)22/h5-8,14H,2-4,9-13H2,1H3,(H,21,22). The summed E-state index contributed by atoms with van der Waals surface area (Å²) in [5.41, 5.74) is 1.30. The lowest BCUT2D eigenvalue weighted by atomic mass is 10.1. The zero-order valence-electron chi connectivity index (χ0n) is 13.2. The molecule has 0 saturated carbocycles. The summed E-state index contributed by atoms with van der Waals surface area (Å²) in [6, 6.07) is 8.51. The molecular weight excluding hydrogens is 300 g/mol. The number of hydrogen-bond acceptors (Lipinski definition) is 3. The molecule has 22 heavy (non-hydrogen) atoms. The second-order valence-electron chi connectivity index (χ2n) is 5.96. The minimum Gasteiger partial charge on any atom is -0.481 e. The maximum absolute atomic E-state index is 10.5. The summed E-state index contributed by atoms with van der Waals surface area (Å²) in [4.78, 5) is 15.4. The number of carbonyl (C=O) groups is 1. The molecular formula is C17H25ClN2O2. The maximum Gasteiger partial charge on any atom is 0.303 e. The number of benzene rings is 1. The van der Waals surface area contributed by atoms with E-state index < -0.39 is 5.97 Å². The first-order valence-corrected chi connectivity index (χ1v) is 8.37. The van der Waals surface area contributed by atoms with Crippen molar-refractivity contribution in [3.63, 3.8) is 0 Å². The minimum absolute atomic E-state index is 0.285. The van der Waals surface area contributed by atoms with Crippen LogP contribution < -0.4 is 0 Å². The van der Waals surface area contributed by atoms with E-state index in [1.807, 2.05) is 12.1 Å². The fraction of sp³-hybridized carbons (Fsp3) is 0.588. The first kappa shape index (κ1) is 17.3. The highest BCUT2D eigenvalue weighted by molar-refractivity contribution is 6.30. The van der Waals surface area contributed by atoms with Gasteiger partial charge in [0.15, 0.2) is 0 Å². The van der Waals surface area contributed by atoms with E-state index >= 15 is 0 Å². The van der Waals surface area contributed by atoms with Crippen LogP contribution in [0.3, 0.4) is 0 Å². The Kier molecular flexibility index (Phi) is 6.68. The summed E-state index contributed by atoms with van der Waals surface area (Å²) in [6.45, 7) is 7.49. The number of aliphatic carboxylic acids is 1. The van der Waals surface area contributed by atoms with Gasteiger partial charge in [-0.2, -0.15) is 0 Å². The number of hydrogen-bond donors (Lipinski definition) is 1. The lowest BCUT2D eigenvalue weighted by Crippen LogP contribution is -2.47. The van der Waals surface area contributed by atoms with Crippen molar-refractivity contribution in [1.29, 1.82) is 0 Å². The molecule has 1 N–H and O–H groups in total. The van der Waals surface area contributed by atoms with Gasteiger partial charge in [-0.15, -0.1) is 0 Å². The molecule has 122 valence electrons. The predicted molar refractivity (Wildman–Crippen MR) is 89.4 cm³/mol. The average molecular weight is 325 g/mol. The summed E-state index contributed by atoms with van der Waals surface area (Å²) in [5, 5.41) is 9.42. The molecule has 5 heteroatoms. The van der Waals surface area contributed by atoms with E-state index in [-0.39, 0.29) is 6.42 Å². The van der Waals surface area contributed by atoms with Crippen LogP contribution in [0.1, 0.15) is 37.8 Å². The van der Waals surface area contributed by atoms with E-state index in [9.17, 15) is 4.79 Å². The predicted octanol–water partition coefficient (Wildman–Crippen LogP) is 3.27. The molecule has 1 aliphatic heterocycles. The Morgan fingerprint density at radius 2 is 1.82 bits per heavy atom. The van der Waals surface area contributed by atoms with Crippen molar-refractivity contribution in [2.24, 2.45) is 0 Å². The molecule has 2 rings (SSSR count). The van der Waals surface area contributed by atoms with Crippen molar-refractivity contribution in [1.82, 2.24) is 9.80 Å². The fourth-order valence-corrected chi connectivity index (χ4v) is 3.06. The van der Waals surface area contributed by atoms with Crippen LogP contribution in [0.25, 0.3) is 0 Å². The SMILES string of the molecule is CC(c1ccc(Cl)cc1)N1CCN(CCCCC(=O)O)CC1. The molecule has 0 aromatic heterocycles. The van der Waals surface area contributed by atoms with E-state index in [4.69, 9.17) is 16.7 Å². The minimum atomic E-state index is -0.693. The van der Waals surface area contributed by atoms with Crippen LogP contribution in [-0.4, -0.2) is 53.6 Å². The van der Waals surface area contributed by atoms with Crippen molar-refractivity contribution in [3.05, 3.63) is 34.9 Å². The van der Waals surface area contributed by atoms with Crippen LogP contribution in [0.15, 0.2) is 24.3 Å². The number of rotatable bonds is 7. The molecule has 1 saturated heterocycles. The Balaban J connectivity index is 1.72. The van der Waals surface area contributed by atoms with E-state index in [0.29, 0.717) is 6.04 Å².